The predicted molar refractivity (Wildman–Crippen MR) is 110 cm³/mol. The van der Waals surface area contributed by atoms with E-state index in [1.165, 1.54) is 23.2 Å². The van der Waals surface area contributed by atoms with Gasteiger partial charge < -0.3 is 15.0 Å². The van der Waals surface area contributed by atoms with E-state index in [1.54, 1.807) is 6.92 Å². The maximum Gasteiger partial charge on any atom is 0.341 e. The number of anilines is 1. The lowest BCUT2D eigenvalue weighted by Crippen LogP contribution is -2.43. The predicted octanol–water partition coefficient (Wildman–Crippen LogP) is 1.78. The quantitative estimate of drug-likeness (QED) is 0.673. The molecule has 1 atom stereocenters. The monoisotopic (exact) mass is 442 g/mol. The average Bonchev–Trinajstić information content (AvgIpc) is 3.19. The molecule has 1 saturated heterocycles. The molecule has 0 bridgehead atoms. The van der Waals surface area contributed by atoms with Crippen LogP contribution in [0, 0.1) is 0 Å². The molecule has 0 saturated carbocycles. The van der Waals surface area contributed by atoms with Gasteiger partial charge in [-0.25, -0.2) is 13.2 Å². The van der Waals surface area contributed by atoms with Gasteiger partial charge in [0.1, 0.15) is 5.00 Å². The summed E-state index contributed by atoms with van der Waals surface area (Å²) in [5, 5.41) is 3.17. The maximum atomic E-state index is 12.8. The fourth-order valence-electron chi connectivity index (χ4n) is 3.97. The van der Waals surface area contributed by atoms with Gasteiger partial charge in [0.15, 0.2) is 16.4 Å². The number of thiophene rings is 1. The zero-order valence-electron chi connectivity index (χ0n) is 16.7. The molecule has 29 heavy (non-hydrogen) atoms. The molecule has 0 unspecified atom stereocenters. The van der Waals surface area contributed by atoms with Gasteiger partial charge in [0.25, 0.3) is 5.91 Å². The summed E-state index contributed by atoms with van der Waals surface area (Å²) in [6.07, 6.45) is 4.00. The fraction of sp³-hybridized carbons (Fsp3) is 0.632. The van der Waals surface area contributed by atoms with Gasteiger partial charge in [-0.2, -0.15) is 0 Å². The third-order valence-corrected chi connectivity index (χ3v) is 8.26. The maximum absolute atomic E-state index is 12.8. The second-order valence-corrected chi connectivity index (χ2v) is 10.7. The molecule has 0 radical (unpaired) electrons. The Hall–Kier alpha value is -1.94. The first-order chi connectivity index (χ1) is 13.7. The van der Waals surface area contributed by atoms with Gasteiger partial charge in [0, 0.05) is 24.4 Å². The summed E-state index contributed by atoms with van der Waals surface area (Å²) in [4.78, 5) is 39.4. The highest BCUT2D eigenvalue weighted by Gasteiger charge is 2.34. The molecule has 1 aliphatic heterocycles. The van der Waals surface area contributed by atoms with Crippen molar-refractivity contribution < 1.29 is 27.5 Å². The van der Waals surface area contributed by atoms with E-state index in [2.05, 4.69) is 5.32 Å². The van der Waals surface area contributed by atoms with Crippen molar-refractivity contribution in [2.24, 2.45) is 0 Å². The number of amides is 2. The fourth-order valence-corrected chi connectivity index (χ4v) is 7.03. The number of nitrogens with one attached hydrogen (secondary N) is 1. The Morgan fingerprint density at radius 1 is 1.24 bits per heavy atom. The first kappa shape index (κ1) is 21.8. The first-order valence-corrected chi connectivity index (χ1v) is 12.4. The summed E-state index contributed by atoms with van der Waals surface area (Å²) in [6, 6.07) is -0.375. The minimum atomic E-state index is -3.12. The number of fused-ring (bicyclic) bond motifs is 1. The van der Waals surface area contributed by atoms with E-state index in [-0.39, 0.29) is 23.5 Å². The van der Waals surface area contributed by atoms with E-state index < -0.39 is 28.3 Å². The Kier molecular flexibility index (Phi) is 6.62. The molecule has 2 amide bonds. The molecule has 1 aromatic rings. The van der Waals surface area contributed by atoms with Crippen LogP contribution >= 0.6 is 11.3 Å². The molecule has 0 aromatic carbocycles. The number of hydrogen-bond donors (Lipinski definition) is 1. The number of nitrogens with zero attached hydrogens (tertiary/aromatic N) is 1. The Labute approximate surface area is 174 Å². The molecule has 3 rings (SSSR count). The van der Waals surface area contributed by atoms with Crippen LogP contribution in [0.15, 0.2) is 0 Å². The van der Waals surface area contributed by atoms with Gasteiger partial charge in [-0.1, -0.05) is 0 Å². The Morgan fingerprint density at radius 3 is 2.59 bits per heavy atom. The van der Waals surface area contributed by atoms with E-state index in [1.807, 2.05) is 0 Å². The minimum absolute atomic E-state index is 0.0504. The second kappa shape index (κ2) is 8.83. The van der Waals surface area contributed by atoms with Crippen molar-refractivity contribution in [2.75, 3.05) is 30.0 Å². The number of sulfone groups is 1. The minimum Gasteiger partial charge on any atom is -0.452 e. The lowest BCUT2D eigenvalue weighted by Gasteiger charge is -2.26. The molecule has 1 N–H and O–H groups in total. The normalized spacial score (nSPS) is 20.0. The molecule has 0 spiro atoms. The van der Waals surface area contributed by atoms with Crippen LogP contribution in [0.4, 0.5) is 5.00 Å². The molecule has 1 aromatic heterocycles. The van der Waals surface area contributed by atoms with Gasteiger partial charge in [0.2, 0.25) is 5.91 Å². The lowest BCUT2D eigenvalue weighted by atomic mass is 9.95. The Bertz CT molecular complexity index is 921. The van der Waals surface area contributed by atoms with Crippen molar-refractivity contribution in [3.8, 4) is 0 Å². The number of hydrogen-bond acceptors (Lipinski definition) is 7. The number of ether oxygens (including phenoxy) is 1. The zero-order valence-corrected chi connectivity index (χ0v) is 18.3. The number of esters is 1. The van der Waals surface area contributed by atoms with Crippen LogP contribution in [0.2, 0.25) is 0 Å². The highest BCUT2D eigenvalue weighted by molar-refractivity contribution is 7.91. The van der Waals surface area contributed by atoms with Crippen LogP contribution in [0.25, 0.3) is 0 Å². The lowest BCUT2D eigenvalue weighted by molar-refractivity contribution is -0.136. The SMILES string of the molecule is CCN(C(=O)COC(=O)c1c(NC(C)=O)sc2c1CCCC2)[C@H]1CCS(=O)(=O)C1. The molecule has 160 valence electrons. The molecule has 1 aliphatic carbocycles. The molecule has 1 fully saturated rings. The van der Waals surface area contributed by atoms with Crippen LogP contribution in [0.3, 0.4) is 0 Å². The van der Waals surface area contributed by atoms with E-state index in [0.29, 0.717) is 23.5 Å². The largest absolute Gasteiger partial charge is 0.452 e. The standard InChI is InChI=1S/C19H26N2O6S2/c1-3-21(13-8-9-29(25,26)11-13)16(23)10-27-19(24)17-14-6-4-5-7-15(14)28-18(17)20-12(2)22/h13H,3-11H2,1-2H3,(H,20,22)/t13-/m0/s1. The third kappa shape index (κ3) is 4.98. The van der Waals surface area contributed by atoms with E-state index in [9.17, 15) is 22.8 Å². The summed E-state index contributed by atoms with van der Waals surface area (Å²) < 4.78 is 28.7. The van der Waals surface area contributed by atoms with Crippen LogP contribution < -0.4 is 5.32 Å². The number of aryl methyl sites for hydroxylation is 1. The highest BCUT2D eigenvalue weighted by atomic mass is 32.2. The van der Waals surface area contributed by atoms with Crippen molar-refractivity contribution >= 4 is 44.0 Å². The van der Waals surface area contributed by atoms with Crippen LogP contribution in [0.1, 0.15) is 53.9 Å². The second-order valence-electron chi connectivity index (χ2n) is 7.41. The first-order valence-electron chi connectivity index (χ1n) is 9.81. The van der Waals surface area contributed by atoms with Crippen LogP contribution in [0.5, 0.6) is 0 Å². The summed E-state index contributed by atoms with van der Waals surface area (Å²) >= 11 is 1.39. The van der Waals surface area contributed by atoms with Crippen molar-refractivity contribution in [1.82, 2.24) is 4.90 Å². The molecular weight excluding hydrogens is 416 g/mol. The van der Waals surface area contributed by atoms with Gasteiger partial charge >= 0.3 is 5.97 Å². The molecule has 8 nitrogen and oxygen atoms in total. The number of likely N-dealkylation sites (N-methyl/N-ethyl adjacent to an activating group) is 1. The van der Waals surface area contributed by atoms with Crippen molar-refractivity contribution in [1.29, 1.82) is 0 Å². The topological polar surface area (TPSA) is 110 Å². The number of carbonyl (C=O) groups is 3. The van der Waals surface area contributed by atoms with E-state index in [0.717, 1.165) is 36.1 Å². The highest BCUT2D eigenvalue weighted by Crippen LogP contribution is 2.38. The molecule has 2 heterocycles. The smallest absolute Gasteiger partial charge is 0.341 e. The summed E-state index contributed by atoms with van der Waals surface area (Å²) in [5.41, 5.74) is 1.25. The molecule has 10 heteroatoms. The molecular formula is C19H26N2O6S2. The Balaban J connectivity index is 1.71. The van der Waals surface area contributed by atoms with Gasteiger partial charge in [-0.05, 0) is 44.6 Å². The van der Waals surface area contributed by atoms with Crippen molar-refractivity contribution in [2.45, 2.75) is 52.0 Å². The summed E-state index contributed by atoms with van der Waals surface area (Å²) in [6.45, 7) is 3.05. The van der Waals surface area contributed by atoms with Crippen LogP contribution in [-0.2, 0) is 37.0 Å². The number of carbonyl (C=O) groups excluding carboxylic acids is 3. The average molecular weight is 443 g/mol. The van der Waals surface area contributed by atoms with Crippen molar-refractivity contribution in [3.63, 3.8) is 0 Å². The Morgan fingerprint density at radius 2 is 1.97 bits per heavy atom. The van der Waals surface area contributed by atoms with Gasteiger partial charge in [-0.15, -0.1) is 11.3 Å². The van der Waals surface area contributed by atoms with Gasteiger partial charge in [-0.3, -0.25) is 9.59 Å². The number of rotatable bonds is 6. The van der Waals surface area contributed by atoms with Gasteiger partial charge in [0.05, 0.1) is 17.1 Å². The third-order valence-electron chi connectivity index (χ3n) is 5.30. The molecule has 2 aliphatic rings. The van der Waals surface area contributed by atoms with E-state index >= 15 is 0 Å². The van der Waals surface area contributed by atoms with Crippen molar-refractivity contribution in [3.05, 3.63) is 16.0 Å². The summed E-state index contributed by atoms with van der Waals surface area (Å²) in [7, 11) is -3.12. The van der Waals surface area contributed by atoms with E-state index in [4.69, 9.17) is 4.74 Å². The summed E-state index contributed by atoms with van der Waals surface area (Å²) in [5.74, 6) is -1.29. The van der Waals surface area contributed by atoms with Crippen LogP contribution in [-0.4, -0.2) is 61.8 Å². The zero-order chi connectivity index (χ0) is 21.2.